The Balaban J connectivity index is 2.19. The summed E-state index contributed by atoms with van der Waals surface area (Å²) in [6.45, 7) is 9.29. The summed E-state index contributed by atoms with van der Waals surface area (Å²) in [7, 11) is -0.0718. The van der Waals surface area contributed by atoms with Gasteiger partial charge in [-0.1, -0.05) is 76.2 Å². The lowest BCUT2D eigenvalue weighted by atomic mass is 9.92. The second-order valence-corrected chi connectivity index (χ2v) is 9.34. The summed E-state index contributed by atoms with van der Waals surface area (Å²) in [5.41, 5.74) is 2.99. The summed E-state index contributed by atoms with van der Waals surface area (Å²) in [6.07, 6.45) is 2.35. The normalized spacial score (nSPS) is 13.5. The Bertz CT molecular complexity index is 799. The van der Waals surface area contributed by atoms with Gasteiger partial charge in [-0.15, -0.1) is 0 Å². The summed E-state index contributed by atoms with van der Waals surface area (Å²) < 4.78 is 0. The molecule has 140 valence electrons. The van der Waals surface area contributed by atoms with Crippen LogP contribution in [0.3, 0.4) is 0 Å². The van der Waals surface area contributed by atoms with Crippen molar-refractivity contribution < 1.29 is 0 Å². The molecule has 0 saturated carbocycles. The van der Waals surface area contributed by atoms with Gasteiger partial charge in [-0.25, -0.2) is 0 Å². The third-order valence-corrected chi connectivity index (χ3v) is 7.84. The maximum Gasteiger partial charge on any atom is 0.170 e. The van der Waals surface area contributed by atoms with Gasteiger partial charge in [0.2, 0.25) is 0 Å². The largest absolute Gasteiger partial charge is 0.170 e. The molecule has 0 radical (unpaired) electrons. The first kappa shape index (κ1) is 19.8. The molecule has 0 spiro atoms. The van der Waals surface area contributed by atoms with E-state index >= 15 is 0 Å². The Morgan fingerprint density at radius 1 is 0.667 bits per heavy atom. The Morgan fingerprint density at radius 2 is 1.19 bits per heavy atom. The molecule has 0 bridgehead atoms. The highest BCUT2D eigenvalue weighted by Crippen LogP contribution is 2.38. The predicted molar refractivity (Wildman–Crippen MR) is 119 cm³/mol. The van der Waals surface area contributed by atoms with Crippen LogP contribution in [0.2, 0.25) is 0 Å². The SMILES string of the molecule is CCC(C)c1ccc([S+](c2ccccc2)c2ccccc2)c(C(C)CC)c1. The first-order valence-electron chi connectivity index (χ1n) is 10.1. The minimum Gasteiger partial charge on any atom is -0.0648 e. The van der Waals surface area contributed by atoms with Gasteiger partial charge in [0.15, 0.2) is 14.7 Å². The number of benzene rings is 3. The third kappa shape index (κ3) is 4.47. The Labute approximate surface area is 168 Å². The van der Waals surface area contributed by atoms with Crippen LogP contribution in [0.25, 0.3) is 0 Å². The molecule has 3 aromatic rings. The van der Waals surface area contributed by atoms with E-state index in [0.717, 1.165) is 6.42 Å². The second kappa shape index (κ2) is 9.28. The maximum absolute atomic E-state index is 2.49. The van der Waals surface area contributed by atoms with E-state index in [2.05, 4.69) is 107 Å². The van der Waals surface area contributed by atoms with Crippen molar-refractivity contribution >= 4 is 10.9 Å². The summed E-state index contributed by atoms with van der Waals surface area (Å²) in [6, 6.07) is 29.2. The number of hydrogen-bond acceptors (Lipinski definition) is 0. The van der Waals surface area contributed by atoms with Gasteiger partial charge in [0.25, 0.3) is 0 Å². The van der Waals surface area contributed by atoms with Crippen molar-refractivity contribution in [2.75, 3.05) is 0 Å². The van der Waals surface area contributed by atoms with Crippen molar-refractivity contribution in [2.45, 2.75) is 67.1 Å². The van der Waals surface area contributed by atoms with Gasteiger partial charge in [0, 0.05) is 5.56 Å². The van der Waals surface area contributed by atoms with E-state index in [1.807, 2.05) is 0 Å². The lowest BCUT2D eigenvalue weighted by molar-refractivity contribution is 0.699. The molecule has 0 aliphatic rings. The van der Waals surface area contributed by atoms with Crippen molar-refractivity contribution in [3.05, 3.63) is 90.0 Å². The summed E-state index contributed by atoms with van der Waals surface area (Å²) in [5, 5.41) is 0. The fraction of sp³-hybridized carbons (Fsp3) is 0.308. The van der Waals surface area contributed by atoms with E-state index < -0.39 is 0 Å². The first-order chi connectivity index (χ1) is 13.2. The van der Waals surface area contributed by atoms with E-state index in [9.17, 15) is 0 Å². The lowest BCUT2D eigenvalue weighted by Crippen LogP contribution is -2.10. The third-order valence-electron chi connectivity index (χ3n) is 5.54. The van der Waals surface area contributed by atoms with Gasteiger partial charge < -0.3 is 0 Å². The molecule has 3 rings (SSSR count). The van der Waals surface area contributed by atoms with Gasteiger partial charge in [0.05, 0.1) is 10.9 Å². The Morgan fingerprint density at radius 3 is 1.67 bits per heavy atom. The minimum absolute atomic E-state index is 0.0718. The second-order valence-electron chi connectivity index (χ2n) is 7.35. The van der Waals surface area contributed by atoms with Gasteiger partial charge in [-0.05, 0) is 60.6 Å². The molecule has 0 N–H and O–H groups in total. The van der Waals surface area contributed by atoms with Crippen LogP contribution in [-0.4, -0.2) is 0 Å². The van der Waals surface area contributed by atoms with Crippen molar-refractivity contribution in [3.8, 4) is 0 Å². The van der Waals surface area contributed by atoms with Gasteiger partial charge in [-0.2, -0.15) is 0 Å². The fourth-order valence-electron chi connectivity index (χ4n) is 3.40. The molecule has 2 unspecified atom stereocenters. The first-order valence-corrected chi connectivity index (χ1v) is 11.4. The van der Waals surface area contributed by atoms with Gasteiger partial charge in [-0.3, -0.25) is 0 Å². The summed E-state index contributed by atoms with van der Waals surface area (Å²) in [5.74, 6) is 1.17. The van der Waals surface area contributed by atoms with Crippen molar-refractivity contribution in [3.63, 3.8) is 0 Å². The molecular formula is C26H31S+. The average molecular weight is 376 g/mol. The van der Waals surface area contributed by atoms with Crippen molar-refractivity contribution in [2.24, 2.45) is 0 Å². The van der Waals surface area contributed by atoms with Crippen LogP contribution in [-0.2, 0) is 10.9 Å². The number of rotatable bonds is 7. The summed E-state index contributed by atoms with van der Waals surface area (Å²) in [4.78, 5) is 4.27. The van der Waals surface area contributed by atoms with Crippen LogP contribution in [0.4, 0.5) is 0 Å². The molecule has 0 fully saturated rings. The molecule has 27 heavy (non-hydrogen) atoms. The minimum atomic E-state index is -0.0718. The number of hydrogen-bond donors (Lipinski definition) is 0. The molecule has 2 atom stereocenters. The molecule has 0 saturated heterocycles. The zero-order chi connectivity index (χ0) is 19.2. The quantitative estimate of drug-likeness (QED) is 0.369. The van der Waals surface area contributed by atoms with E-state index in [1.165, 1.54) is 32.2 Å². The molecule has 0 amide bonds. The van der Waals surface area contributed by atoms with E-state index in [1.54, 1.807) is 0 Å². The fourth-order valence-corrected chi connectivity index (χ4v) is 5.74. The highest BCUT2D eigenvalue weighted by atomic mass is 32.2. The molecule has 0 heterocycles. The van der Waals surface area contributed by atoms with E-state index in [-0.39, 0.29) is 10.9 Å². The molecule has 0 aliphatic heterocycles. The van der Waals surface area contributed by atoms with Crippen LogP contribution in [0.5, 0.6) is 0 Å². The molecule has 1 heteroatoms. The average Bonchev–Trinajstić information content (AvgIpc) is 2.74. The van der Waals surface area contributed by atoms with Crippen molar-refractivity contribution in [1.82, 2.24) is 0 Å². The van der Waals surface area contributed by atoms with Crippen molar-refractivity contribution in [1.29, 1.82) is 0 Å². The lowest BCUT2D eigenvalue weighted by Gasteiger charge is -2.19. The molecule has 0 aliphatic carbocycles. The highest BCUT2D eigenvalue weighted by Gasteiger charge is 2.32. The van der Waals surface area contributed by atoms with E-state index in [0.29, 0.717) is 11.8 Å². The van der Waals surface area contributed by atoms with Crippen LogP contribution in [0.1, 0.15) is 63.5 Å². The van der Waals surface area contributed by atoms with Crippen LogP contribution < -0.4 is 0 Å². The zero-order valence-corrected chi connectivity index (χ0v) is 17.8. The molecule has 3 aromatic carbocycles. The topological polar surface area (TPSA) is 0 Å². The molecule has 0 nitrogen and oxygen atoms in total. The van der Waals surface area contributed by atoms with Gasteiger partial charge >= 0.3 is 0 Å². The van der Waals surface area contributed by atoms with Crippen LogP contribution in [0, 0.1) is 0 Å². The smallest absolute Gasteiger partial charge is 0.0648 e. The van der Waals surface area contributed by atoms with Crippen LogP contribution in [0.15, 0.2) is 93.5 Å². The van der Waals surface area contributed by atoms with Gasteiger partial charge in [0.1, 0.15) is 0 Å². The Hall–Kier alpha value is -1.99. The monoisotopic (exact) mass is 375 g/mol. The highest BCUT2D eigenvalue weighted by molar-refractivity contribution is 7.97. The maximum atomic E-state index is 2.49. The van der Waals surface area contributed by atoms with E-state index in [4.69, 9.17) is 0 Å². The predicted octanol–water partition coefficient (Wildman–Crippen LogP) is 7.81. The summed E-state index contributed by atoms with van der Waals surface area (Å²) >= 11 is 0. The van der Waals surface area contributed by atoms with Crippen LogP contribution >= 0.6 is 0 Å². The molecular weight excluding hydrogens is 344 g/mol. The Kier molecular flexibility index (Phi) is 6.79. The zero-order valence-electron chi connectivity index (χ0n) is 17.0. The standard InChI is InChI=1S/C26H31S/c1-5-20(3)22-17-18-26(25(19-22)21(4)6-2)27(23-13-9-7-10-14-23)24-15-11-8-12-16-24/h7-21H,5-6H2,1-4H3/q+1. The molecule has 0 aromatic heterocycles.